The first-order chi connectivity index (χ1) is 23.9. The molecule has 2 aliphatic heterocycles. The van der Waals surface area contributed by atoms with Gasteiger partial charge >= 0.3 is 5.97 Å². The predicted molar refractivity (Wildman–Crippen MR) is 182 cm³/mol. The second-order valence-corrected chi connectivity index (χ2v) is 13.1. The molecule has 2 bridgehead atoms. The number of amides is 1. The third-order valence-corrected chi connectivity index (χ3v) is 9.87. The van der Waals surface area contributed by atoms with E-state index in [0.29, 0.717) is 73.1 Å². The van der Waals surface area contributed by atoms with Crippen LogP contribution in [0.4, 0.5) is 4.39 Å². The van der Waals surface area contributed by atoms with Crippen molar-refractivity contribution in [2.75, 3.05) is 19.8 Å². The average molecular weight is 686 g/mol. The van der Waals surface area contributed by atoms with Crippen LogP contribution in [0.3, 0.4) is 0 Å². The Morgan fingerprint density at radius 1 is 1.00 bits per heavy atom. The van der Waals surface area contributed by atoms with Crippen molar-refractivity contribution < 1.29 is 33.3 Å². The van der Waals surface area contributed by atoms with Gasteiger partial charge in [0.1, 0.15) is 31.6 Å². The smallest absolute Gasteiger partial charge is 0.320 e. The van der Waals surface area contributed by atoms with Crippen LogP contribution in [0.15, 0.2) is 60.9 Å². The minimum atomic E-state index is -0.938. The van der Waals surface area contributed by atoms with Crippen LogP contribution in [0.25, 0.3) is 11.1 Å². The molecule has 254 valence electrons. The number of aliphatic carboxylic acids is 1. The van der Waals surface area contributed by atoms with E-state index in [9.17, 15) is 14.7 Å². The largest absolute Gasteiger partial charge is 0.489 e. The zero-order chi connectivity index (χ0) is 33.9. The molecule has 7 rings (SSSR count). The van der Waals surface area contributed by atoms with Crippen LogP contribution in [-0.2, 0) is 30.8 Å². The highest BCUT2D eigenvalue weighted by atomic mass is 35.5. The molecule has 11 heteroatoms. The Morgan fingerprint density at radius 2 is 1.88 bits per heavy atom. The average Bonchev–Trinajstić information content (AvgIpc) is 3.52. The molecule has 0 unspecified atom stereocenters. The van der Waals surface area contributed by atoms with Gasteiger partial charge in [0.2, 0.25) is 0 Å². The minimum Gasteiger partial charge on any atom is -0.489 e. The number of benzene rings is 3. The summed E-state index contributed by atoms with van der Waals surface area (Å²) in [6.45, 7) is 1.55. The number of nitrogens with zero attached hydrogens (tertiary/aromatic N) is 1. The molecule has 1 aromatic heterocycles. The fraction of sp³-hybridized carbons (Fsp3) is 0.342. The van der Waals surface area contributed by atoms with Gasteiger partial charge in [-0.15, -0.1) is 0 Å². The number of hydrogen-bond donors (Lipinski definition) is 3. The van der Waals surface area contributed by atoms with E-state index in [4.69, 9.17) is 25.8 Å². The quantitative estimate of drug-likeness (QED) is 0.219. The van der Waals surface area contributed by atoms with Crippen LogP contribution in [-0.4, -0.2) is 47.8 Å². The number of carbonyl (C=O) groups is 2. The summed E-state index contributed by atoms with van der Waals surface area (Å²) in [6, 6.07) is 14.3. The second-order valence-electron chi connectivity index (χ2n) is 12.7. The van der Waals surface area contributed by atoms with E-state index in [1.807, 2.05) is 24.3 Å². The number of aromatic nitrogens is 1. The van der Waals surface area contributed by atoms with E-state index in [1.54, 1.807) is 24.4 Å². The van der Waals surface area contributed by atoms with Crippen molar-refractivity contribution in [2.45, 2.75) is 63.6 Å². The van der Waals surface area contributed by atoms with Crippen LogP contribution >= 0.6 is 11.6 Å². The Labute approximate surface area is 288 Å². The third kappa shape index (κ3) is 7.07. The lowest BCUT2D eigenvalue weighted by molar-refractivity contribution is -0.139. The van der Waals surface area contributed by atoms with E-state index in [0.717, 1.165) is 46.2 Å². The monoisotopic (exact) mass is 685 g/mol. The Bertz CT molecular complexity index is 1900. The molecule has 1 aliphatic carbocycles. The van der Waals surface area contributed by atoms with Crippen LogP contribution in [0.2, 0.25) is 5.02 Å². The highest BCUT2D eigenvalue weighted by molar-refractivity contribution is 6.31. The lowest BCUT2D eigenvalue weighted by atomic mass is 9.90. The Kier molecular flexibility index (Phi) is 9.68. The zero-order valence-corrected chi connectivity index (χ0v) is 27.7. The van der Waals surface area contributed by atoms with Crippen LogP contribution in [0.1, 0.15) is 69.8 Å². The van der Waals surface area contributed by atoms with Gasteiger partial charge in [0.05, 0.1) is 5.56 Å². The summed E-state index contributed by atoms with van der Waals surface area (Å²) >= 11 is 6.93. The molecule has 4 aromatic rings. The van der Waals surface area contributed by atoms with Gasteiger partial charge in [0.25, 0.3) is 5.91 Å². The molecular weight excluding hydrogens is 649 g/mol. The summed E-state index contributed by atoms with van der Waals surface area (Å²) in [5, 5.41) is 16.5. The molecule has 3 heterocycles. The first-order valence-corrected chi connectivity index (χ1v) is 17.1. The third-order valence-electron chi connectivity index (χ3n) is 9.52. The lowest BCUT2D eigenvalue weighted by Gasteiger charge is -2.21. The molecule has 9 nitrogen and oxygen atoms in total. The van der Waals surface area contributed by atoms with E-state index in [-0.39, 0.29) is 30.7 Å². The number of halogens is 2. The molecule has 0 saturated carbocycles. The summed E-state index contributed by atoms with van der Waals surface area (Å²) in [7, 11) is 0. The molecule has 1 amide bonds. The van der Waals surface area contributed by atoms with Gasteiger partial charge in [0.15, 0.2) is 17.3 Å². The maximum atomic E-state index is 15.7. The summed E-state index contributed by atoms with van der Waals surface area (Å²) in [5.74, 6) is -0.284. The summed E-state index contributed by atoms with van der Waals surface area (Å²) in [4.78, 5) is 29.0. The molecule has 2 atom stereocenters. The van der Waals surface area contributed by atoms with Gasteiger partial charge in [-0.1, -0.05) is 29.8 Å². The molecular formula is C38H37ClFN3O6. The maximum Gasteiger partial charge on any atom is 0.320 e. The number of fused-ring (bicyclic) bond motifs is 5. The number of pyridine rings is 1. The second kappa shape index (κ2) is 14.4. The first-order valence-electron chi connectivity index (χ1n) is 16.7. The van der Waals surface area contributed by atoms with Gasteiger partial charge in [-0.05, 0) is 97.0 Å². The van der Waals surface area contributed by atoms with Crippen LogP contribution in [0.5, 0.6) is 17.2 Å². The van der Waals surface area contributed by atoms with Crippen molar-refractivity contribution in [3.8, 4) is 28.4 Å². The molecule has 3 aromatic carbocycles. The maximum absolute atomic E-state index is 15.7. The van der Waals surface area contributed by atoms with Gasteiger partial charge in [0, 0.05) is 47.2 Å². The Morgan fingerprint density at radius 3 is 2.76 bits per heavy atom. The minimum absolute atomic E-state index is 0.144. The number of ether oxygens (including phenoxy) is 3. The number of carboxylic acid groups (broad SMARTS) is 1. The first kappa shape index (κ1) is 32.9. The number of carbonyl (C=O) groups excluding carboxylic acids is 1. The van der Waals surface area contributed by atoms with Crippen molar-refractivity contribution in [1.82, 2.24) is 15.6 Å². The summed E-state index contributed by atoms with van der Waals surface area (Å²) in [6.07, 6.45) is 7.16. The van der Waals surface area contributed by atoms with Crippen molar-refractivity contribution in [1.29, 1.82) is 0 Å². The van der Waals surface area contributed by atoms with Crippen molar-refractivity contribution in [3.63, 3.8) is 0 Å². The highest BCUT2D eigenvalue weighted by Crippen LogP contribution is 2.45. The molecule has 3 aliphatic rings. The molecule has 0 fully saturated rings. The molecule has 0 radical (unpaired) electrons. The van der Waals surface area contributed by atoms with E-state index < -0.39 is 17.8 Å². The standard InChI is InChI=1S/C38H37ClFN3O6/c39-31-16-25-20-43-32(38(45)46)6-1-2-11-42-37(44)26-14-22(18-41-19-26)21-49-34(25)17-24(31)15-23-7-8-29-27(23)4-3-5-28(29)30-9-10-33-36(35(30)40)48-13-12-47-33/h3-5,9-10,14,16-19,23,32,43H,1-2,6-8,11-13,15,20-21H2,(H,42,44)(H,45,46)/t23-,32+/m1/s1. The normalized spacial score (nSPS) is 19.3. The van der Waals surface area contributed by atoms with Gasteiger partial charge in [-0.2, -0.15) is 0 Å². The van der Waals surface area contributed by atoms with Crippen LogP contribution in [0, 0.1) is 5.82 Å². The fourth-order valence-corrected chi connectivity index (χ4v) is 7.26. The number of hydrogen-bond acceptors (Lipinski definition) is 7. The SMILES string of the molecule is O=C1NCCCC[C@@H](C(=O)O)NCc2cc(Cl)c(C[C@H]3CCc4c(-c5ccc6c(c5F)OCCO6)cccc43)cc2OCc2cncc1c2. The number of carboxylic acids is 1. The number of rotatable bonds is 4. The van der Waals surface area contributed by atoms with E-state index >= 15 is 4.39 Å². The summed E-state index contributed by atoms with van der Waals surface area (Å²) < 4.78 is 33.2. The summed E-state index contributed by atoms with van der Waals surface area (Å²) in [5.41, 5.74) is 6.40. The molecule has 49 heavy (non-hydrogen) atoms. The fourth-order valence-electron chi connectivity index (χ4n) is 7.00. The van der Waals surface area contributed by atoms with Crippen molar-refractivity contribution in [2.24, 2.45) is 0 Å². The number of nitrogens with one attached hydrogen (secondary N) is 2. The van der Waals surface area contributed by atoms with Gasteiger partial charge in [-0.3, -0.25) is 14.6 Å². The molecule has 3 N–H and O–H groups in total. The van der Waals surface area contributed by atoms with Gasteiger partial charge in [-0.25, -0.2) is 4.39 Å². The Balaban J connectivity index is 1.18. The van der Waals surface area contributed by atoms with Crippen molar-refractivity contribution in [3.05, 3.63) is 105 Å². The topological polar surface area (TPSA) is 119 Å². The predicted octanol–water partition coefficient (Wildman–Crippen LogP) is 6.62. The van der Waals surface area contributed by atoms with E-state index in [1.165, 1.54) is 6.20 Å². The van der Waals surface area contributed by atoms with Crippen LogP contribution < -0.4 is 24.8 Å². The Hall–Kier alpha value is -4.67. The molecule has 0 spiro atoms. The van der Waals surface area contributed by atoms with Crippen molar-refractivity contribution >= 4 is 23.5 Å². The zero-order valence-electron chi connectivity index (χ0n) is 26.9. The lowest BCUT2D eigenvalue weighted by Crippen LogP contribution is -2.36. The molecule has 0 saturated heterocycles. The highest BCUT2D eigenvalue weighted by Gasteiger charge is 2.29. The van der Waals surface area contributed by atoms with E-state index in [2.05, 4.69) is 21.7 Å². The van der Waals surface area contributed by atoms with Gasteiger partial charge < -0.3 is 30.0 Å².